The summed E-state index contributed by atoms with van der Waals surface area (Å²) in [5.74, 6) is -0.879. The molecule has 0 bridgehead atoms. The van der Waals surface area contributed by atoms with Gasteiger partial charge in [0.25, 0.3) is 0 Å². The van der Waals surface area contributed by atoms with Gasteiger partial charge in [-0.1, -0.05) is 24.3 Å². The summed E-state index contributed by atoms with van der Waals surface area (Å²) in [5.41, 5.74) is 7.41. The molecule has 1 heterocycles. The number of amides is 2. The number of carbonyl (C=O) groups is 2. The molecule has 1 aliphatic rings. The van der Waals surface area contributed by atoms with E-state index in [0.29, 0.717) is 13.1 Å². The zero-order valence-corrected chi connectivity index (χ0v) is 11.9. The number of urea groups is 1. The van der Waals surface area contributed by atoms with E-state index in [1.165, 1.54) is 0 Å². The maximum absolute atomic E-state index is 12.1. The van der Waals surface area contributed by atoms with Crippen molar-refractivity contribution in [1.82, 2.24) is 10.2 Å². The highest BCUT2D eigenvalue weighted by Gasteiger charge is 2.21. The van der Waals surface area contributed by atoms with E-state index in [4.69, 9.17) is 10.8 Å². The number of carboxylic acid groups (broad SMARTS) is 1. The van der Waals surface area contributed by atoms with Crippen molar-refractivity contribution >= 4 is 12.0 Å². The number of aliphatic carboxylic acids is 1. The number of nitrogens with one attached hydrogen (secondary N) is 1. The first-order chi connectivity index (χ1) is 10.1. The molecule has 1 aromatic rings. The summed E-state index contributed by atoms with van der Waals surface area (Å²) in [6.07, 6.45) is 1.83. The Balaban J connectivity index is 1.93. The molecular formula is C15H21N3O3. The van der Waals surface area contributed by atoms with Crippen LogP contribution in [0.15, 0.2) is 24.3 Å². The van der Waals surface area contributed by atoms with E-state index in [-0.39, 0.29) is 18.5 Å². The van der Waals surface area contributed by atoms with Crippen molar-refractivity contribution in [3.63, 3.8) is 0 Å². The van der Waals surface area contributed by atoms with Gasteiger partial charge < -0.3 is 21.1 Å². The lowest BCUT2D eigenvalue weighted by molar-refractivity contribution is -0.136. The van der Waals surface area contributed by atoms with Gasteiger partial charge in [0.1, 0.15) is 0 Å². The third kappa shape index (κ3) is 4.46. The Morgan fingerprint density at radius 2 is 2.05 bits per heavy atom. The fourth-order valence-corrected chi connectivity index (χ4v) is 2.54. The van der Waals surface area contributed by atoms with Crippen molar-refractivity contribution in [3.8, 4) is 0 Å². The van der Waals surface area contributed by atoms with Crippen LogP contribution in [0.5, 0.6) is 0 Å². The molecule has 1 aliphatic heterocycles. The van der Waals surface area contributed by atoms with Gasteiger partial charge in [0.15, 0.2) is 0 Å². The lowest BCUT2D eigenvalue weighted by atomic mass is 10.0. The minimum Gasteiger partial charge on any atom is -0.481 e. The first-order valence-corrected chi connectivity index (χ1v) is 7.13. The summed E-state index contributed by atoms with van der Waals surface area (Å²) in [4.78, 5) is 24.6. The quantitative estimate of drug-likeness (QED) is 0.769. The molecule has 1 fully saturated rings. The Morgan fingerprint density at radius 3 is 2.71 bits per heavy atom. The highest BCUT2D eigenvalue weighted by Crippen LogP contribution is 2.11. The van der Waals surface area contributed by atoms with Crippen molar-refractivity contribution < 1.29 is 14.7 Å². The second-order valence-electron chi connectivity index (χ2n) is 5.35. The molecule has 2 rings (SSSR count). The van der Waals surface area contributed by atoms with E-state index < -0.39 is 5.97 Å². The second kappa shape index (κ2) is 7.08. The minimum absolute atomic E-state index is 0.0410. The molecule has 0 saturated carbocycles. The Labute approximate surface area is 123 Å². The zero-order chi connectivity index (χ0) is 15.2. The number of nitrogens with zero attached hydrogens (tertiary/aromatic N) is 1. The SMILES string of the molecule is NC1CCCN(C(=O)NCc2ccccc2CC(=O)O)C1. The van der Waals surface area contributed by atoms with Gasteiger partial charge in [-0.3, -0.25) is 4.79 Å². The average molecular weight is 291 g/mol. The summed E-state index contributed by atoms with van der Waals surface area (Å²) in [6.45, 7) is 1.62. The van der Waals surface area contributed by atoms with Crippen LogP contribution in [0, 0.1) is 0 Å². The standard InChI is InChI=1S/C15H21N3O3/c16-13-6-3-7-18(10-13)15(21)17-9-12-5-2-1-4-11(12)8-14(19)20/h1-2,4-5,13H,3,6-10,16H2,(H,17,21)(H,19,20). The fraction of sp³-hybridized carbons (Fsp3) is 0.467. The van der Waals surface area contributed by atoms with Crippen molar-refractivity contribution in [2.45, 2.75) is 31.8 Å². The van der Waals surface area contributed by atoms with E-state index in [1.807, 2.05) is 12.1 Å². The topological polar surface area (TPSA) is 95.7 Å². The van der Waals surface area contributed by atoms with Crippen molar-refractivity contribution in [1.29, 1.82) is 0 Å². The van der Waals surface area contributed by atoms with Crippen molar-refractivity contribution in [2.75, 3.05) is 13.1 Å². The molecule has 6 nitrogen and oxygen atoms in total. The number of rotatable bonds is 4. The van der Waals surface area contributed by atoms with Gasteiger partial charge in [-0.25, -0.2) is 4.79 Å². The van der Waals surface area contributed by atoms with Gasteiger partial charge in [0.05, 0.1) is 6.42 Å². The Hall–Kier alpha value is -2.08. The summed E-state index contributed by atoms with van der Waals surface area (Å²) >= 11 is 0. The van der Waals surface area contributed by atoms with Crippen LogP contribution in [0.2, 0.25) is 0 Å². The lowest BCUT2D eigenvalue weighted by Crippen LogP contribution is -2.49. The number of likely N-dealkylation sites (tertiary alicyclic amines) is 1. The van der Waals surface area contributed by atoms with Gasteiger partial charge in [0, 0.05) is 25.7 Å². The number of carbonyl (C=O) groups excluding carboxylic acids is 1. The monoisotopic (exact) mass is 291 g/mol. The van der Waals surface area contributed by atoms with Crippen LogP contribution in [0.4, 0.5) is 4.79 Å². The number of carboxylic acids is 1. The molecule has 21 heavy (non-hydrogen) atoms. The molecule has 0 radical (unpaired) electrons. The first-order valence-electron chi connectivity index (χ1n) is 7.13. The molecule has 6 heteroatoms. The molecule has 1 unspecified atom stereocenters. The number of benzene rings is 1. The Morgan fingerprint density at radius 1 is 1.33 bits per heavy atom. The molecule has 0 spiro atoms. The molecule has 1 atom stereocenters. The molecule has 0 aromatic heterocycles. The van der Waals surface area contributed by atoms with E-state index in [2.05, 4.69) is 5.32 Å². The highest BCUT2D eigenvalue weighted by molar-refractivity contribution is 5.74. The summed E-state index contributed by atoms with van der Waals surface area (Å²) in [7, 11) is 0. The van der Waals surface area contributed by atoms with Gasteiger partial charge in [-0.05, 0) is 24.0 Å². The van der Waals surface area contributed by atoms with Gasteiger partial charge >= 0.3 is 12.0 Å². The maximum atomic E-state index is 12.1. The lowest BCUT2D eigenvalue weighted by Gasteiger charge is -2.30. The van der Waals surface area contributed by atoms with E-state index in [0.717, 1.165) is 30.5 Å². The zero-order valence-electron chi connectivity index (χ0n) is 11.9. The minimum atomic E-state index is -0.879. The smallest absolute Gasteiger partial charge is 0.317 e. The fourth-order valence-electron chi connectivity index (χ4n) is 2.54. The molecule has 4 N–H and O–H groups in total. The molecule has 0 aliphatic carbocycles. The predicted molar refractivity (Wildman–Crippen MR) is 78.8 cm³/mol. The van der Waals surface area contributed by atoms with Crippen LogP contribution in [-0.4, -0.2) is 41.1 Å². The number of hydrogen-bond donors (Lipinski definition) is 3. The third-order valence-corrected chi connectivity index (χ3v) is 3.64. The number of hydrogen-bond acceptors (Lipinski definition) is 3. The molecule has 1 aromatic carbocycles. The van der Waals surface area contributed by atoms with E-state index >= 15 is 0 Å². The Kier molecular flexibility index (Phi) is 5.16. The van der Waals surface area contributed by atoms with Crippen molar-refractivity contribution in [2.24, 2.45) is 5.73 Å². The van der Waals surface area contributed by atoms with Gasteiger partial charge in [-0.2, -0.15) is 0 Å². The van der Waals surface area contributed by atoms with Gasteiger partial charge in [0.2, 0.25) is 0 Å². The normalized spacial score (nSPS) is 18.3. The largest absolute Gasteiger partial charge is 0.481 e. The van der Waals surface area contributed by atoms with Crippen molar-refractivity contribution in [3.05, 3.63) is 35.4 Å². The Bertz CT molecular complexity index is 519. The summed E-state index contributed by atoms with van der Waals surface area (Å²) in [6, 6.07) is 7.14. The van der Waals surface area contributed by atoms with Crippen LogP contribution in [0.25, 0.3) is 0 Å². The van der Waals surface area contributed by atoms with Crippen LogP contribution in [-0.2, 0) is 17.8 Å². The summed E-state index contributed by atoms with van der Waals surface area (Å²) < 4.78 is 0. The third-order valence-electron chi connectivity index (χ3n) is 3.64. The second-order valence-corrected chi connectivity index (χ2v) is 5.35. The van der Waals surface area contributed by atoms with Gasteiger partial charge in [-0.15, -0.1) is 0 Å². The first kappa shape index (κ1) is 15.3. The average Bonchev–Trinajstić information content (AvgIpc) is 2.45. The molecular weight excluding hydrogens is 270 g/mol. The number of nitrogens with two attached hydrogens (primary N) is 1. The van der Waals surface area contributed by atoms with Crippen LogP contribution < -0.4 is 11.1 Å². The van der Waals surface area contributed by atoms with Crippen LogP contribution in [0.1, 0.15) is 24.0 Å². The molecule has 2 amide bonds. The maximum Gasteiger partial charge on any atom is 0.317 e. The molecule has 1 saturated heterocycles. The van der Waals surface area contributed by atoms with Crippen LogP contribution in [0.3, 0.4) is 0 Å². The number of piperidine rings is 1. The highest BCUT2D eigenvalue weighted by atomic mass is 16.4. The summed E-state index contributed by atoms with van der Waals surface area (Å²) in [5, 5.41) is 11.7. The molecule has 114 valence electrons. The van der Waals surface area contributed by atoms with Crippen LogP contribution >= 0.6 is 0 Å². The predicted octanol–water partition coefficient (Wildman–Crippen LogP) is 0.946. The van der Waals surface area contributed by atoms with E-state index in [9.17, 15) is 9.59 Å². The van der Waals surface area contributed by atoms with E-state index in [1.54, 1.807) is 17.0 Å².